The van der Waals surface area contributed by atoms with E-state index < -0.39 is 11.9 Å². The van der Waals surface area contributed by atoms with Gasteiger partial charge in [-0.25, -0.2) is 4.79 Å². The van der Waals surface area contributed by atoms with Crippen LogP contribution in [0.4, 0.5) is 5.69 Å². The van der Waals surface area contributed by atoms with Gasteiger partial charge >= 0.3 is 5.97 Å². The number of rotatable bonds is 6. The van der Waals surface area contributed by atoms with Crippen LogP contribution in [0.1, 0.15) is 5.56 Å². The smallest absolute Gasteiger partial charge is 0.331 e. The van der Waals surface area contributed by atoms with Crippen molar-refractivity contribution in [1.29, 1.82) is 0 Å². The number of para-hydroxylation sites is 2. The quantitative estimate of drug-likeness (QED) is 0.658. The molecular formula is C18H17NO4. The molecule has 5 nitrogen and oxygen atoms in total. The summed E-state index contributed by atoms with van der Waals surface area (Å²) in [5.41, 5.74) is 1.40. The van der Waals surface area contributed by atoms with E-state index in [0.717, 1.165) is 5.56 Å². The van der Waals surface area contributed by atoms with Crippen molar-refractivity contribution in [1.82, 2.24) is 0 Å². The summed E-state index contributed by atoms with van der Waals surface area (Å²) in [6.07, 6.45) is 2.84. The van der Waals surface area contributed by atoms with Crippen molar-refractivity contribution >= 4 is 23.6 Å². The fourth-order valence-corrected chi connectivity index (χ4v) is 1.87. The van der Waals surface area contributed by atoms with E-state index in [2.05, 4.69) is 5.32 Å². The molecule has 23 heavy (non-hydrogen) atoms. The van der Waals surface area contributed by atoms with Gasteiger partial charge in [0.25, 0.3) is 5.91 Å². The van der Waals surface area contributed by atoms with Crippen molar-refractivity contribution < 1.29 is 19.1 Å². The highest BCUT2D eigenvalue weighted by molar-refractivity contribution is 5.94. The maximum Gasteiger partial charge on any atom is 0.331 e. The third-order valence-electron chi connectivity index (χ3n) is 2.94. The van der Waals surface area contributed by atoms with Gasteiger partial charge in [0.05, 0.1) is 7.11 Å². The van der Waals surface area contributed by atoms with E-state index in [1.54, 1.807) is 43.5 Å². The SMILES string of the molecule is COc1ccccc1C=CC(=O)OCC(=O)Nc1ccccc1. The lowest BCUT2D eigenvalue weighted by Crippen LogP contribution is -2.20. The number of ether oxygens (including phenoxy) is 2. The second-order valence-corrected chi connectivity index (χ2v) is 4.60. The van der Waals surface area contributed by atoms with Crippen molar-refractivity contribution in [3.05, 3.63) is 66.2 Å². The fraction of sp³-hybridized carbons (Fsp3) is 0.111. The highest BCUT2D eigenvalue weighted by Crippen LogP contribution is 2.18. The molecule has 118 valence electrons. The second kappa shape index (κ2) is 8.38. The molecule has 0 aromatic heterocycles. The van der Waals surface area contributed by atoms with E-state index in [1.807, 2.05) is 24.3 Å². The maximum absolute atomic E-state index is 11.7. The Labute approximate surface area is 134 Å². The standard InChI is InChI=1S/C18H17NO4/c1-22-16-10-6-5-7-14(16)11-12-18(21)23-13-17(20)19-15-8-3-2-4-9-15/h2-12H,13H2,1H3,(H,19,20). The van der Waals surface area contributed by atoms with Crippen molar-refractivity contribution in [2.45, 2.75) is 0 Å². The predicted molar refractivity (Wildman–Crippen MR) is 88.1 cm³/mol. The Hall–Kier alpha value is -3.08. The number of carbonyl (C=O) groups excluding carboxylic acids is 2. The van der Waals surface area contributed by atoms with Crippen LogP contribution in [0.2, 0.25) is 0 Å². The number of esters is 1. The number of nitrogens with one attached hydrogen (secondary N) is 1. The van der Waals surface area contributed by atoms with Crippen LogP contribution in [0.3, 0.4) is 0 Å². The molecule has 0 saturated heterocycles. The first-order chi connectivity index (χ1) is 11.2. The molecule has 5 heteroatoms. The molecule has 0 radical (unpaired) electrons. The fourth-order valence-electron chi connectivity index (χ4n) is 1.87. The number of methoxy groups -OCH3 is 1. The van der Waals surface area contributed by atoms with Crippen LogP contribution < -0.4 is 10.1 Å². The number of benzene rings is 2. The van der Waals surface area contributed by atoms with Gasteiger partial charge in [0.1, 0.15) is 5.75 Å². The minimum absolute atomic E-state index is 0.343. The molecule has 2 aromatic rings. The van der Waals surface area contributed by atoms with Gasteiger partial charge in [0.2, 0.25) is 0 Å². The van der Waals surface area contributed by atoms with Crippen LogP contribution in [-0.4, -0.2) is 25.6 Å². The molecule has 0 heterocycles. The molecular weight excluding hydrogens is 294 g/mol. The first-order valence-electron chi connectivity index (χ1n) is 7.02. The molecule has 0 atom stereocenters. The molecule has 2 aromatic carbocycles. The summed E-state index contributed by atoms with van der Waals surface area (Å²) in [5.74, 6) is -0.340. The lowest BCUT2D eigenvalue weighted by molar-refractivity contribution is -0.142. The van der Waals surface area contributed by atoms with Crippen molar-refractivity contribution in [3.8, 4) is 5.75 Å². The zero-order valence-electron chi connectivity index (χ0n) is 12.7. The summed E-state index contributed by atoms with van der Waals surface area (Å²) in [6.45, 7) is -0.343. The summed E-state index contributed by atoms with van der Waals surface area (Å²) in [4.78, 5) is 23.3. The Kier molecular flexibility index (Phi) is 5.94. The van der Waals surface area contributed by atoms with E-state index in [0.29, 0.717) is 11.4 Å². The molecule has 0 bridgehead atoms. The minimum atomic E-state index is -0.598. The van der Waals surface area contributed by atoms with Gasteiger partial charge in [-0.15, -0.1) is 0 Å². The molecule has 1 N–H and O–H groups in total. The zero-order valence-corrected chi connectivity index (χ0v) is 12.7. The largest absolute Gasteiger partial charge is 0.496 e. The van der Waals surface area contributed by atoms with Gasteiger partial charge in [-0.1, -0.05) is 36.4 Å². The zero-order chi connectivity index (χ0) is 16.5. The van der Waals surface area contributed by atoms with Gasteiger partial charge in [-0.3, -0.25) is 4.79 Å². The molecule has 2 rings (SSSR count). The number of hydrogen-bond acceptors (Lipinski definition) is 4. The second-order valence-electron chi connectivity index (χ2n) is 4.60. The summed E-state index contributed by atoms with van der Waals surface area (Å²) < 4.78 is 10.1. The molecule has 0 aliphatic carbocycles. The predicted octanol–water partition coefficient (Wildman–Crippen LogP) is 2.89. The van der Waals surface area contributed by atoms with Crippen LogP contribution in [0.5, 0.6) is 5.75 Å². The van der Waals surface area contributed by atoms with E-state index in [1.165, 1.54) is 6.08 Å². The summed E-state index contributed by atoms with van der Waals surface area (Å²) in [7, 11) is 1.55. The highest BCUT2D eigenvalue weighted by Gasteiger charge is 2.06. The molecule has 0 spiro atoms. The Bertz CT molecular complexity index is 695. The van der Waals surface area contributed by atoms with Crippen LogP contribution in [0.15, 0.2) is 60.7 Å². The summed E-state index contributed by atoms with van der Waals surface area (Å²) in [5, 5.41) is 2.63. The molecule has 0 fully saturated rings. The minimum Gasteiger partial charge on any atom is -0.496 e. The lowest BCUT2D eigenvalue weighted by Gasteiger charge is -2.05. The lowest BCUT2D eigenvalue weighted by atomic mass is 10.2. The number of hydrogen-bond donors (Lipinski definition) is 1. The van der Waals surface area contributed by atoms with Crippen molar-refractivity contribution in [3.63, 3.8) is 0 Å². The molecule has 0 aliphatic heterocycles. The van der Waals surface area contributed by atoms with Crippen molar-refractivity contribution in [2.24, 2.45) is 0 Å². The third-order valence-corrected chi connectivity index (χ3v) is 2.94. The Morgan fingerprint density at radius 2 is 1.74 bits per heavy atom. The van der Waals surface area contributed by atoms with Crippen LogP contribution in [0, 0.1) is 0 Å². The van der Waals surface area contributed by atoms with Crippen molar-refractivity contribution in [2.75, 3.05) is 19.0 Å². The van der Waals surface area contributed by atoms with Crippen LogP contribution >= 0.6 is 0 Å². The van der Waals surface area contributed by atoms with E-state index in [9.17, 15) is 9.59 Å². The van der Waals surface area contributed by atoms with Crippen LogP contribution in [0.25, 0.3) is 6.08 Å². The average Bonchev–Trinajstić information content (AvgIpc) is 2.59. The van der Waals surface area contributed by atoms with Gasteiger partial charge in [0.15, 0.2) is 6.61 Å². The number of anilines is 1. The van der Waals surface area contributed by atoms with E-state index >= 15 is 0 Å². The summed E-state index contributed by atoms with van der Waals surface area (Å²) >= 11 is 0. The molecule has 0 unspecified atom stereocenters. The summed E-state index contributed by atoms with van der Waals surface area (Å²) in [6, 6.07) is 16.2. The Morgan fingerprint density at radius 3 is 2.48 bits per heavy atom. The first-order valence-corrected chi connectivity index (χ1v) is 7.02. The highest BCUT2D eigenvalue weighted by atomic mass is 16.5. The third kappa shape index (κ3) is 5.32. The normalized spacial score (nSPS) is 10.3. The molecule has 1 amide bonds. The van der Waals surface area contributed by atoms with Gasteiger partial charge in [0, 0.05) is 17.3 Å². The maximum atomic E-state index is 11.7. The molecule has 0 aliphatic rings. The number of carbonyl (C=O) groups is 2. The topological polar surface area (TPSA) is 64.6 Å². The molecule has 0 saturated carbocycles. The van der Waals surface area contributed by atoms with Gasteiger partial charge in [-0.05, 0) is 24.3 Å². The Balaban J connectivity index is 1.83. The Morgan fingerprint density at radius 1 is 1.04 bits per heavy atom. The van der Waals surface area contributed by atoms with Gasteiger partial charge < -0.3 is 14.8 Å². The number of amides is 1. The average molecular weight is 311 g/mol. The van der Waals surface area contributed by atoms with Crippen LogP contribution in [-0.2, 0) is 14.3 Å². The van der Waals surface area contributed by atoms with Gasteiger partial charge in [-0.2, -0.15) is 0 Å². The first kappa shape index (κ1) is 16.3. The van der Waals surface area contributed by atoms with E-state index in [-0.39, 0.29) is 6.61 Å². The monoisotopic (exact) mass is 311 g/mol. The van der Waals surface area contributed by atoms with E-state index in [4.69, 9.17) is 9.47 Å².